The number of sulfone groups is 1. The van der Waals surface area contributed by atoms with Crippen LogP contribution in [0.25, 0.3) is 0 Å². The van der Waals surface area contributed by atoms with Gasteiger partial charge in [-0.15, -0.1) is 5.06 Å². The summed E-state index contributed by atoms with van der Waals surface area (Å²) in [6, 6.07) is 17.6. The van der Waals surface area contributed by atoms with E-state index in [2.05, 4.69) is 0 Å². The maximum absolute atomic E-state index is 12.8. The van der Waals surface area contributed by atoms with Crippen molar-refractivity contribution in [2.45, 2.75) is 23.0 Å². The van der Waals surface area contributed by atoms with Crippen molar-refractivity contribution in [1.29, 1.82) is 0 Å². The number of fused-ring (bicyclic) bond motifs is 1. The number of hydroxylamine groups is 2. The van der Waals surface area contributed by atoms with Gasteiger partial charge in [0.05, 0.1) is 15.7 Å². The van der Waals surface area contributed by atoms with Gasteiger partial charge >= 0.3 is 5.97 Å². The number of nitrogens with zero attached hydrogens (tertiary/aromatic N) is 1. The second kappa shape index (κ2) is 6.85. The van der Waals surface area contributed by atoms with E-state index in [1.165, 1.54) is 0 Å². The first-order chi connectivity index (χ1) is 12.5. The molecule has 2 aromatic carbocycles. The molecular weight excluding hydrogens is 350 g/mol. The van der Waals surface area contributed by atoms with Crippen molar-refractivity contribution in [2.75, 3.05) is 13.1 Å². The zero-order chi connectivity index (χ0) is 18.1. The quantitative estimate of drug-likeness (QED) is 0.827. The van der Waals surface area contributed by atoms with Gasteiger partial charge in [-0.2, -0.15) is 0 Å². The normalized spacial score (nSPS) is 25.8. The van der Waals surface area contributed by atoms with Crippen LogP contribution in [-0.4, -0.2) is 37.8 Å². The SMILES string of the molecule is O=C(ON1C[C@H]2CC(S(=O)(=O)c3ccccc3)C[C@H]2C1)c1ccccc1. The minimum Gasteiger partial charge on any atom is -0.364 e. The van der Waals surface area contributed by atoms with Crippen LogP contribution in [0.2, 0.25) is 0 Å². The highest BCUT2D eigenvalue weighted by molar-refractivity contribution is 7.92. The summed E-state index contributed by atoms with van der Waals surface area (Å²) in [5.41, 5.74) is 0.522. The van der Waals surface area contributed by atoms with E-state index in [0.29, 0.717) is 36.4 Å². The maximum atomic E-state index is 12.8. The van der Waals surface area contributed by atoms with Crippen molar-refractivity contribution >= 4 is 15.8 Å². The molecule has 1 saturated heterocycles. The Morgan fingerprint density at radius 2 is 1.42 bits per heavy atom. The van der Waals surface area contributed by atoms with E-state index in [0.717, 1.165) is 0 Å². The van der Waals surface area contributed by atoms with E-state index >= 15 is 0 Å². The number of rotatable bonds is 4. The Labute approximate surface area is 153 Å². The standard InChI is InChI=1S/C20H21NO4S/c22-20(15-7-3-1-4-8-15)25-21-13-16-11-19(12-17(16)14-21)26(23,24)18-9-5-2-6-10-18/h1-10,16-17,19H,11-14H2/t16-,17+,19?. The number of carbonyl (C=O) groups is 1. The average Bonchev–Trinajstić information content (AvgIpc) is 3.22. The van der Waals surface area contributed by atoms with E-state index in [1.807, 2.05) is 12.1 Å². The third-order valence-electron chi connectivity index (χ3n) is 5.41. The van der Waals surface area contributed by atoms with Gasteiger partial charge in [-0.3, -0.25) is 0 Å². The molecule has 0 N–H and O–H groups in total. The third kappa shape index (κ3) is 3.27. The molecule has 1 saturated carbocycles. The zero-order valence-corrected chi connectivity index (χ0v) is 15.1. The Bertz CT molecular complexity index is 869. The zero-order valence-electron chi connectivity index (χ0n) is 14.3. The number of benzene rings is 2. The molecule has 1 aliphatic carbocycles. The van der Waals surface area contributed by atoms with Crippen LogP contribution in [0.15, 0.2) is 65.6 Å². The first-order valence-corrected chi connectivity index (χ1v) is 10.4. The molecule has 3 atom stereocenters. The predicted molar refractivity (Wildman–Crippen MR) is 97.1 cm³/mol. The molecule has 0 radical (unpaired) electrons. The molecule has 0 aromatic heterocycles. The van der Waals surface area contributed by atoms with Gasteiger partial charge in [0.1, 0.15) is 0 Å². The van der Waals surface area contributed by atoms with Crippen LogP contribution < -0.4 is 0 Å². The lowest BCUT2D eigenvalue weighted by molar-refractivity contribution is -0.0978. The van der Waals surface area contributed by atoms with Crippen LogP contribution in [0.3, 0.4) is 0 Å². The molecule has 0 spiro atoms. The first kappa shape index (κ1) is 17.2. The van der Waals surface area contributed by atoms with Crippen LogP contribution in [0, 0.1) is 11.8 Å². The Morgan fingerprint density at radius 1 is 0.885 bits per heavy atom. The fourth-order valence-corrected chi connectivity index (χ4v) is 6.00. The summed E-state index contributed by atoms with van der Waals surface area (Å²) in [5, 5.41) is 1.35. The number of hydrogen-bond acceptors (Lipinski definition) is 5. The van der Waals surface area contributed by atoms with E-state index in [4.69, 9.17) is 4.84 Å². The summed E-state index contributed by atoms with van der Waals surface area (Å²) in [6.45, 7) is 1.20. The average molecular weight is 371 g/mol. The monoisotopic (exact) mass is 371 g/mol. The Hall–Kier alpha value is -2.18. The molecule has 0 amide bonds. The van der Waals surface area contributed by atoms with Crippen molar-refractivity contribution < 1.29 is 18.0 Å². The lowest BCUT2D eigenvalue weighted by Gasteiger charge is -2.18. The number of hydrogen-bond donors (Lipinski definition) is 0. The molecule has 4 rings (SSSR count). The Balaban J connectivity index is 1.38. The molecule has 1 unspecified atom stereocenters. The van der Waals surface area contributed by atoms with Crippen molar-refractivity contribution in [3.8, 4) is 0 Å². The fourth-order valence-electron chi connectivity index (χ4n) is 4.08. The molecule has 6 heteroatoms. The summed E-state index contributed by atoms with van der Waals surface area (Å²) >= 11 is 0. The molecule has 2 aliphatic rings. The van der Waals surface area contributed by atoms with E-state index in [9.17, 15) is 13.2 Å². The molecule has 2 aromatic rings. The van der Waals surface area contributed by atoms with Crippen LogP contribution in [-0.2, 0) is 14.7 Å². The Kier molecular flexibility index (Phi) is 4.54. The third-order valence-corrected chi connectivity index (χ3v) is 7.60. The maximum Gasteiger partial charge on any atom is 0.357 e. The Morgan fingerprint density at radius 3 is 2.00 bits per heavy atom. The minimum absolute atomic E-state index is 0.252. The molecule has 0 bridgehead atoms. The molecule has 2 fully saturated rings. The largest absolute Gasteiger partial charge is 0.364 e. The highest BCUT2D eigenvalue weighted by Gasteiger charge is 2.46. The summed E-state index contributed by atoms with van der Waals surface area (Å²) in [7, 11) is -3.29. The summed E-state index contributed by atoms with van der Waals surface area (Å²) in [5.74, 6) is 0.142. The molecule has 136 valence electrons. The number of carbonyl (C=O) groups excluding carboxylic acids is 1. The van der Waals surface area contributed by atoms with Crippen LogP contribution in [0.4, 0.5) is 0 Å². The molecular formula is C20H21NO4S. The van der Waals surface area contributed by atoms with Gasteiger partial charge in [0.25, 0.3) is 0 Å². The first-order valence-electron chi connectivity index (χ1n) is 8.85. The van der Waals surface area contributed by atoms with E-state index < -0.39 is 9.84 Å². The van der Waals surface area contributed by atoms with Crippen molar-refractivity contribution in [3.05, 3.63) is 66.2 Å². The van der Waals surface area contributed by atoms with Gasteiger partial charge < -0.3 is 4.84 Å². The van der Waals surface area contributed by atoms with Gasteiger partial charge in [0.2, 0.25) is 0 Å². The highest BCUT2D eigenvalue weighted by atomic mass is 32.2. The summed E-state index contributed by atoms with van der Waals surface area (Å²) in [4.78, 5) is 18.1. The smallest absolute Gasteiger partial charge is 0.357 e. The lowest BCUT2D eigenvalue weighted by Crippen LogP contribution is -2.28. The lowest BCUT2D eigenvalue weighted by atomic mass is 10.0. The van der Waals surface area contributed by atoms with Crippen molar-refractivity contribution in [2.24, 2.45) is 11.8 Å². The van der Waals surface area contributed by atoms with Crippen LogP contribution in [0.5, 0.6) is 0 Å². The van der Waals surface area contributed by atoms with Gasteiger partial charge in [-0.25, -0.2) is 13.2 Å². The van der Waals surface area contributed by atoms with Crippen LogP contribution in [0.1, 0.15) is 23.2 Å². The van der Waals surface area contributed by atoms with E-state index in [1.54, 1.807) is 53.6 Å². The van der Waals surface area contributed by atoms with Crippen LogP contribution >= 0.6 is 0 Å². The summed E-state index contributed by atoms with van der Waals surface area (Å²) in [6.07, 6.45) is 1.25. The second-order valence-electron chi connectivity index (χ2n) is 7.06. The predicted octanol–water partition coefficient (Wildman–Crippen LogP) is 2.94. The summed E-state index contributed by atoms with van der Waals surface area (Å²) < 4.78 is 25.6. The topological polar surface area (TPSA) is 63.7 Å². The van der Waals surface area contributed by atoms with Crippen molar-refractivity contribution in [3.63, 3.8) is 0 Å². The fraction of sp³-hybridized carbons (Fsp3) is 0.350. The highest BCUT2D eigenvalue weighted by Crippen LogP contribution is 2.42. The van der Waals surface area contributed by atoms with Gasteiger partial charge in [0, 0.05) is 13.1 Å². The molecule has 1 aliphatic heterocycles. The minimum atomic E-state index is -3.29. The molecule has 5 nitrogen and oxygen atoms in total. The second-order valence-corrected chi connectivity index (χ2v) is 9.29. The van der Waals surface area contributed by atoms with Gasteiger partial charge in [-0.05, 0) is 48.9 Å². The van der Waals surface area contributed by atoms with Crippen molar-refractivity contribution in [1.82, 2.24) is 5.06 Å². The van der Waals surface area contributed by atoms with Gasteiger partial charge in [0.15, 0.2) is 9.84 Å². The van der Waals surface area contributed by atoms with E-state index in [-0.39, 0.29) is 23.1 Å². The molecule has 26 heavy (non-hydrogen) atoms. The van der Waals surface area contributed by atoms with Gasteiger partial charge in [-0.1, -0.05) is 36.4 Å². The molecule has 1 heterocycles.